The Morgan fingerprint density at radius 2 is 1.74 bits per heavy atom. The van der Waals surface area contributed by atoms with E-state index < -0.39 is 0 Å². The fourth-order valence-corrected chi connectivity index (χ4v) is 6.82. The van der Waals surface area contributed by atoms with Gasteiger partial charge in [0, 0.05) is 39.3 Å². The van der Waals surface area contributed by atoms with E-state index in [4.69, 9.17) is 0 Å². The highest BCUT2D eigenvalue weighted by atomic mass is 16.2. The number of amides is 3. The largest absolute Gasteiger partial charge is 0.331 e. The summed E-state index contributed by atoms with van der Waals surface area (Å²) in [5, 5.41) is 13.1. The Balaban J connectivity index is 1.41. The van der Waals surface area contributed by atoms with Crippen LogP contribution in [-0.4, -0.2) is 78.5 Å². The van der Waals surface area contributed by atoms with Crippen LogP contribution in [0, 0.1) is 29.1 Å². The number of hydrogen-bond donors (Lipinski definition) is 1. The molecule has 0 aromatic rings. The summed E-state index contributed by atoms with van der Waals surface area (Å²) in [7, 11) is 3.65. The Morgan fingerprint density at radius 3 is 2.35 bits per heavy atom. The van der Waals surface area contributed by atoms with Gasteiger partial charge in [-0.25, -0.2) is 4.79 Å². The minimum Gasteiger partial charge on any atom is -0.331 e. The Morgan fingerprint density at radius 1 is 1.06 bits per heavy atom. The molecular formula is C24H39N5O2. The molecule has 0 radical (unpaired) electrons. The fraction of sp³-hybridized carbons (Fsp3) is 0.875. The molecule has 2 saturated carbocycles. The first-order valence-corrected chi connectivity index (χ1v) is 12.3. The molecule has 4 fully saturated rings. The summed E-state index contributed by atoms with van der Waals surface area (Å²) in [6.45, 7) is 2.73. The van der Waals surface area contributed by atoms with Gasteiger partial charge in [-0.3, -0.25) is 4.79 Å². The van der Waals surface area contributed by atoms with Crippen LogP contribution in [0.5, 0.6) is 0 Å². The van der Waals surface area contributed by atoms with Crippen molar-refractivity contribution in [1.29, 1.82) is 5.26 Å². The van der Waals surface area contributed by atoms with Crippen molar-refractivity contribution in [1.82, 2.24) is 20.0 Å². The fourth-order valence-electron chi connectivity index (χ4n) is 6.82. The first kappa shape index (κ1) is 22.4. The number of nitriles is 1. The van der Waals surface area contributed by atoms with Crippen molar-refractivity contribution in [2.45, 2.75) is 75.8 Å². The van der Waals surface area contributed by atoms with Gasteiger partial charge < -0.3 is 20.0 Å². The molecule has 0 aromatic carbocycles. The van der Waals surface area contributed by atoms with Gasteiger partial charge in [0.25, 0.3) is 0 Å². The number of carbonyl (C=O) groups excluding carboxylic acids is 2. The van der Waals surface area contributed by atoms with Crippen molar-refractivity contribution >= 4 is 11.9 Å². The van der Waals surface area contributed by atoms with E-state index in [0.717, 1.165) is 51.1 Å². The predicted octanol–water partition coefficient (Wildman–Crippen LogP) is 2.82. The molecule has 2 aliphatic heterocycles. The second-order valence-electron chi connectivity index (χ2n) is 10.7. The van der Waals surface area contributed by atoms with Crippen LogP contribution in [0.25, 0.3) is 0 Å². The van der Waals surface area contributed by atoms with E-state index >= 15 is 0 Å². The number of nitrogens with one attached hydrogen (secondary N) is 1. The van der Waals surface area contributed by atoms with Gasteiger partial charge in [-0.2, -0.15) is 5.26 Å². The molecule has 1 N–H and O–H groups in total. The Labute approximate surface area is 187 Å². The highest BCUT2D eigenvalue weighted by molar-refractivity contribution is 5.79. The van der Waals surface area contributed by atoms with Crippen molar-refractivity contribution < 1.29 is 9.59 Å². The van der Waals surface area contributed by atoms with Crippen LogP contribution in [0.4, 0.5) is 4.79 Å². The highest BCUT2D eigenvalue weighted by Gasteiger charge is 2.50. The van der Waals surface area contributed by atoms with Gasteiger partial charge in [0.1, 0.15) is 6.04 Å². The summed E-state index contributed by atoms with van der Waals surface area (Å²) in [4.78, 5) is 30.8. The van der Waals surface area contributed by atoms with Crippen molar-refractivity contribution in [2.75, 3.05) is 40.3 Å². The molecule has 4 aliphatic rings. The number of hydrogen-bond acceptors (Lipinski definition) is 4. The van der Waals surface area contributed by atoms with Crippen molar-refractivity contribution in [2.24, 2.45) is 17.8 Å². The molecule has 3 atom stereocenters. The molecule has 7 heteroatoms. The average Bonchev–Trinajstić information content (AvgIpc) is 3.46. The maximum absolute atomic E-state index is 12.9. The van der Waals surface area contributed by atoms with Gasteiger partial charge in [0.05, 0.1) is 12.6 Å². The van der Waals surface area contributed by atoms with E-state index in [1.165, 1.54) is 32.1 Å². The Hall–Kier alpha value is -1.81. The maximum atomic E-state index is 12.9. The maximum Gasteiger partial charge on any atom is 0.319 e. The monoisotopic (exact) mass is 429 g/mol. The molecule has 2 heterocycles. The van der Waals surface area contributed by atoms with Gasteiger partial charge in [-0.05, 0) is 49.9 Å². The first-order chi connectivity index (χ1) is 14.9. The second kappa shape index (κ2) is 9.36. The zero-order chi connectivity index (χ0) is 22.0. The molecule has 7 nitrogen and oxygen atoms in total. The molecule has 0 spiro atoms. The lowest BCUT2D eigenvalue weighted by Gasteiger charge is -2.38. The van der Waals surface area contributed by atoms with E-state index in [9.17, 15) is 14.9 Å². The van der Waals surface area contributed by atoms with E-state index in [1.807, 2.05) is 19.0 Å². The minimum absolute atomic E-state index is 0.00210. The van der Waals surface area contributed by atoms with Crippen LogP contribution in [0.15, 0.2) is 0 Å². The third kappa shape index (κ3) is 4.84. The molecule has 31 heavy (non-hydrogen) atoms. The SMILES string of the molecule is CN(C)C(=O)N1CC2CC(CC3CCCCC3)(NCC(=O)N3CCC[C@H]3C#N)CC2C1. The topological polar surface area (TPSA) is 79.7 Å². The molecule has 2 unspecified atom stereocenters. The summed E-state index contributed by atoms with van der Waals surface area (Å²) >= 11 is 0. The Kier molecular flexibility index (Phi) is 6.76. The van der Waals surface area contributed by atoms with Crippen LogP contribution in [0.2, 0.25) is 0 Å². The molecule has 3 amide bonds. The normalized spacial score (nSPS) is 33.4. The lowest BCUT2D eigenvalue weighted by molar-refractivity contribution is -0.130. The summed E-state index contributed by atoms with van der Waals surface area (Å²) in [6, 6.07) is 2.16. The van der Waals surface area contributed by atoms with Crippen LogP contribution >= 0.6 is 0 Å². The molecule has 4 rings (SSSR count). The minimum atomic E-state index is -0.253. The molecule has 0 bridgehead atoms. The van der Waals surface area contributed by atoms with Crippen LogP contribution in [0.3, 0.4) is 0 Å². The second-order valence-corrected chi connectivity index (χ2v) is 10.7. The zero-order valence-electron chi connectivity index (χ0n) is 19.3. The third-order valence-corrected chi connectivity index (χ3v) is 8.28. The van der Waals surface area contributed by atoms with Gasteiger partial charge in [0.2, 0.25) is 5.91 Å². The highest BCUT2D eigenvalue weighted by Crippen LogP contribution is 2.48. The predicted molar refractivity (Wildman–Crippen MR) is 119 cm³/mol. The van der Waals surface area contributed by atoms with E-state index in [0.29, 0.717) is 24.9 Å². The average molecular weight is 430 g/mol. The van der Waals surface area contributed by atoms with Crippen LogP contribution in [-0.2, 0) is 4.79 Å². The van der Waals surface area contributed by atoms with Gasteiger partial charge in [-0.15, -0.1) is 0 Å². The summed E-state index contributed by atoms with van der Waals surface area (Å²) in [6.07, 6.45) is 11.6. The van der Waals surface area contributed by atoms with E-state index in [2.05, 4.69) is 11.4 Å². The van der Waals surface area contributed by atoms with Gasteiger partial charge in [0.15, 0.2) is 0 Å². The van der Waals surface area contributed by atoms with Crippen molar-refractivity contribution in [3.63, 3.8) is 0 Å². The standard InChI is InChI=1S/C24H39N5O2/c1-27(2)23(31)28-16-19-12-24(13-20(19)17-28,11-18-7-4-3-5-8-18)26-15-22(30)29-10-6-9-21(29)14-25/h18-21,26H,3-13,15-17H2,1-2H3/t19?,20?,21-,24?/m0/s1. The van der Waals surface area contributed by atoms with Crippen LogP contribution < -0.4 is 5.32 Å². The zero-order valence-corrected chi connectivity index (χ0v) is 19.3. The molecule has 172 valence electrons. The molecule has 2 aliphatic carbocycles. The van der Waals surface area contributed by atoms with E-state index in [1.54, 1.807) is 9.80 Å². The first-order valence-electron chi connectivity index (χ1n) is 12.3. The molecule has 0 aromatic heterocycles. The summed E-state index contributed by atoms with van der Waals surface area (Å²) in [5.74, 6) is 1.87. The number of fused-ring (bicyclic) bond motifs is 1. The molecule has 2 saturated heterocycles. The number of nitrogens with zero attached hydrogens (tertiary/aromatic N) is 4. The number of urea groups is 1. The van der Waals surface area contributed by atoms with E-state index in [-0.39, 0.29) is 23.5 Å². The van der Waals surface area contributed by atoms with Crippen LogP contribution in [0.1, 0.15) is 64.2 Å². The molecular weight excluding hydrogens is 390 g/mol. The summed E-state index contributed by atoms with van der Waals surface area (Å²) in [5.41, 5.74) is 0.00210. The third-order valence-electron chi connectivity index (χ3n) is 8.28. The quantitative estimate of drug-likeness (QED) is 0.729. The lowest BCUT2D eigenvalue weighted by atomic mass is 9.77. The van der Waals surface area contributed by atoms with Crippen molar-refractivity contribution in [3.05, 3.63) is 0 Å². The lowest BCUT2D eigenvalue weighted by Crippen LogP contribution is -2.51. The number of rotatable bonds is 5. The van der Waals surface area contributed by atoms with Crippen molar-refractivity contribution in [3.8, 4) is 6.07 Å². The van der Waals surface area contributed by atoms with Gasteiger partial charge in [-0.1, -0.05) is 32.1 Å². The smallest absolute Gasteiger partial charge is 0.319 e. The summed E-state index contributed by atoms with van der Waals surface area (Å²) < 4.78 is 0. The number of likely N-dealkylation sites (tertiary alicyclic amines) is 2. The Bertz CT molecular complexity index is 697. The van der Waals surface area contributed by atoms with Gasteiger partial charge >= 0.3 is 6.03 Å². The number of carbonyl (C=O) groups is 2.